The third-order valence-corrected chi connectivity index (χ3v) is 6.40. The molecule has 0 radical (unpaired) electrons. The summed E-state index contributed by atoms with van der Waals surface area (Å²) < 4.78 is 57.1. The van der Waals surface area contributed by atoms with Crippen LogP contribution in [0, 0.1) is 0 Å². The topological polar surface area (TPSA) is 55.4 Å². The molecule has 0 saturated heterocycles. The molecular weight excluding hydrogens is 371 g/mol. The van der Waals surface area contributed by atoms with E-state index in [1.807, 2.05) is 34.6 Å². The van der Waals surface area contributed by atoms with Crippen LogP contribution >= 0.6 is 0 Å². The van der Waals surface area contributed by atoms with E-state index in [0.29, 0.717) is 10.5 Å². The number of carbonyl (C=O) groups is 1. The minimum absolute atomic E-state index is 0.0305. The lowest BCUT2D eigenvalue weighted by atomic mass is 9.79. The predicted octanol–water partition coefficient (Wildman–Crippen LogP) is 2.18. The van der Waals surface area contributed by atoms with Gasteiger partial charge in [0.2, 0.25) is 0 Å². The molecule has 0 bridgehead atoms. The number of hydrogen-bond acceptors (Lipinski definition) is 3. The van der Waals surface area contributed by atoms with Crippen LogP contribution in [0.25, 0.3) is 0 Å². The van der Waals surface area contributed by atoms with Gasteiger partial charge in [-0.25, -0.2) is 4.21 Å². The molecule has 1 N–H and O–H groups in total. The summed E-state index contributed by atoms with van der Waals surface area (Å²) in [5, 5.41) is 0. The monoisotopic (exact) mass is 395 g/mol. The van der Waals surface area contributed by atoms with E-state index in [9.17, 15) is 22.2 Å². The van der Waals surface area contributed by atoms with Crippen LogP contribution in [-0.2, 0) is 29.9 Å². The molecular formula is C16H24F3NO3SSi. The Kier molecular flexibility index (Phi) is 5.88. The zero-order chi connectivity index (χ0) is 19.8. The predicted molar refractivity (Wildman–Crippen MR) is 96.9 cm³/mol. The first kappa shape index (κ1) is 21.7. The molecule has 1 rings (SSSR count). The Labute approximate surface area is 149 Å². The third-order valence-electron chi connectivity index (χ3n) is 3.85. The van der Waals surface area contributed by atoms with Crippen LogP contribution < -0.4 is 4.72 Å². The van der Waals surface area contributed by atoms with Crippen molar-refractivity contribution in [3.05, 3.63) is 29.3 Å². The van der Waals surface area contributed by atoms with Gasteiger partial charge in [-0.1, -0.05) is 26.8 Å². The van der Waals surface area contributed by atoms with Gasteiger partial charge in [0.1, 0.15) is 10.5 Å². The van der Waals surface area contributed by atoms with Crippen molar-refractivity contribution in [3.63, 3.8) is 0 Å². The van der Waals surface area contributed by atoms with Crippen LogP contribution in [0.4, 0.5) is 13.2 Å². The number of amides is 1. The number of rotatable bonds is 4. The average molecular weight is 396 g/mol. The fraction of sp³-hybridized carbons (Fsp3) is 0.500. The molecule has 1 aromatic rings. The molecule has 0 aliphatic heterocycles. The standard InChI is InChI=1S/C16H24F3NO3SSi/c1-14(2,3)12-9-10(7-8-11(12)15(4,5)23-25)24(6,22)20-13(21)16(17,18)19/h7-9H,6H2,1-5,25H3,(H,20,21,22). The van der Waals surface area contributed by atoms with Gasteiger partial charge >= 0.3 is 12.1 Å². The molecule has 0 saturated carbocycles. The van der Waals surface area contributed by atoms with Gasteiger partial charge in [-0.3, -0.25) is 9.52 Å². The van der Waals surface area contributed by atoms with Gasteiger partial charge in [0.15, 0.2) is 0 Å². The van der Waals surface area contributed by atoms with E-state index in [4.69, 9.17) is 4.43 Å². The Morgan fingerprint density at radius 2 is 1.68 bits per heavy atom. The van der Waals surface area contributed by atoms with Crippen LogP contribution in [0.2, 0.25) is 0 Å². The van der Waals surface area contributed by atoms with Gasteiger partial charge in [-0.2, -0.15) is 13.2 Å². The molecule has 1 unspecified atom stereocenters. The minimum atomic E-state index is -5.13. The number of carbonyl (C=O) groups excluding carboxylic acids is 1. The second kappa shape index (κ2) is 6.77. The first-order valence-corrected chi connectivity index (χ1v) is 10.0. The maximum atomic E-state index is 12.6. The zero-order valence-electron chi connectivity index (χ0n) is 15.2. The lowest BCUT2D eigenvalue weighted by Crippen LogP contribution is -2.40. The van der Waals surface area contributed by atoms with Crippen molar-refractivity contribution in [2.24, 2.45) is 0 Å². The van der Waals surface area contributed by atoms with Crippen molar-refractivity contribution in [3.8, 4) is 0 Å². The Morgan fingerprint density at radius 3 is 2.08 bits per heavy atom. The highest BCUT2D eigenvalue weighted by molar-refractivity contribution is 7.99. The summed E-state index contributed by atoms with van der Waals surface area (Å²) in [5.41, 5.74) is 0.635. The maximum Gasteiger partial charge on any atom is 0.472 e. The number of halogens is 3. The molecule has 9 heteroatoms. The SMILES string of the molecule is C=S(=O)(NC(=O)C(F)(F)F)c1ccc(C(C)(C)O[SiH3])c(C(C)(C)C)c1. The lowest BCUT2D eigenvalue weighted by molar-refractivity contribution is -0.171. The van der Waals surface area contributed by atoms with Gasteiger partial charge in [0, 0.05) is 4.90 Å². The van der Waals surface area contributed by atoms with E-state index in [2.05, 4.69) is 5.87 Å². The van der Waals surface area contributed by atoms with Gasteiger partial charge in [0.25, 0.3) is 0 Å². The van der Waals surface area contributed by atoms with Crippen molar-refractivity contribution in [2.75, 3.05) is 0 Å². The maximum absolute atomic E-state index is 12.6. The Balaban J connectivity index is 3.48. The summed E-state index contributed by atoms with van der Waals surface area (Å²) in [7, 11) is -3.15. The van der Waals surface area contributed by atoms with E-state index in [1.165, 1.54) is 16.9 Å². The normalized spacial score (nSPS) is 15.7. The molecule has 142 valence electrons. The highest BCUT2D eigenvalue weighted by Crippen LogP contribution is 2.35. The van der Waals surface area contributed by atoms with Gasteiger partial charge < -0.3 is 4.43 Å². The van der Waals surface area contributed by atoms with Gasteiger partial charge in [0.05, 0.1) is 15.3 Å². The molecule has 1 aromatic carbocycles. The van der Waals surface area contributed by atoms with Crippen molar-refractivity contribution in [1.82, 2.24) is 4.72 Å². The fourth-order valence-electron chi connectivity index (χ4n) is 2.25. The number of benzene rings is 1. The van der Waals surface area contributed by atoms with Crippen LogP contribution in [-0.4, -0.2) is 32.6 Å². The van der Waals surface area contributed by atoms with Crippen molar-refractivity contribution in [1.29, 1.82) is 0 Å². The van der Waals surface area contributed by atoms with Crippen LogP contribution in [0.1, 0.15) is 45.7 Å². The smallest absolute Gasteiger partial charge is 0.419 e. The summed E-state index contributed by atoms with van der Waals surface area (Å²) in [6.07, 6.45) is -5.13. The summed E-state index contributed by atoms with van der Waals surface area (Å²) >= 11 is 0. The molecule has 0 spiro atoms. The van der Waals surface area contributed by atoms with E-state index in [0.717, 1.165) is 11.1 Å². The number of hydrogen-bond donors (Lipinski definition) is 1. The Hall–Kier alpha value is -1.32. The van der Waals surface area contributed by atoms with E-state index in [1.54, 1.807) is 6.07 Å². The highest BCUT2D eigenvalue weighted by Gasteiger charge is 2.40. The van der Waals surface area contributed by atoms with Gasteiger partial charge in [-0.15, -0.1) is 0 Å². The fourth-order valence-corrected chi connectivity index (χ4v) is 3.60. The van der Waals surface area contributed by atoms with Crippen molar-refractivity contribution >= 4 is 32.0 Å². The number of alkyl halides is 3. The van der Waals surface area contributed by atoms with E-state index < -0.39 is 27.4 Å². The zero-order valence-corrected chi connectivity index (χ0v) is 18.0. The minimum Gasteiger partial charge on any atom is -0.419 e. The van der Waals surface area contributed by atoms with Crippen LogP contribution in [0.15, 0.2) is 23.1 Å². The second-order valence-corrected chi connectivity index (χ2v) is 9.71. The van der Waals surface area contributed by atoms with Gasteiger partial charge in [-0.05, 0) is 48.4 Å². The largest absolute Gasteiger partial charge is 0.472 e. The molecule has 1 atom stereocenters. The molecule has 4 nitrogen and oxygen atoms in total. The third kappa shape index (κ3) is 5.08. The molecule has 0 aromatic heterocycles. The van der Waals surface area contributed by atoms with Crippen LogP contribution in [0.3, 0.4) is 0 Å². The highest BCUT2D eigenvalue weighted by atomic mass is 32.2. The molecule has 1 amide bonds. The molecule has 0 aliphatic rings. The van der Waals surface area contributed by atoms with Crippen molar-refractivity contribution in [2.45, 2.75) is 56.7 Å². The Morgan fingerprint density at radius 1 is 1.16 bits per heavy atom. The summed E-state index contributed by atoms with van der Waals surface area (Å²) in [6.45, 7) is 9.56. The van der Waals surface area contributed by atoms with E-state index in [-0.39, 0.29) is 10.3 Å². The summed E-state index contributed by atoms with van der Waals surface area (Å²) in [5.74, 6) is 1.02. The molecule has 0 aliphatic carbocycles. The number of nitrogens with one attached hydrogen (secondary N) is 1. The quantitative estimate of drug-likeness (QED) is 0.628. The molecule has 0 fully saturated rings. The van der Waals surface area contributed by atoms with Crippen molar-refractivity contribution < 1.29 is 26.6 Å². The molecule has 0 heterocycles. The summed E-state index contributed by atoms with van der Waals surface area (Å²) in [4.78, 5) is 11.2. The molecule has 25 heavy (non-hydrogen) atoms. The average Bonchev–Trinajstić information content (AvgIpc) is 2.44. The second-order valence-electron chi connectivity index (χ2n) is 7.28. The first-order valence-electron chi connectivity index (χ1n) is 7.49. The first-order chi connectivity index (χ1) is 11.0. The van der Waals surface area contributed by atoms with E-state index >= 15 is 0 Å². The summed E-state index contributed by atoms with van der Waals surface area (Å²) in [6, 6.07) is 4.61. The Bertz CT molecular complexity index is 766. The van der Waals surface area contributed by atoms with Crippen LogP contribution in [0.5, 0.6) is 0 Å². The lowest BCUT2D eigenvalue weighted by Gasteiger charge is -2.33.